The molecule has 2 atom stereocenters. The fourth-order valence-electron chi connectivity index (χ4n) is 4.11. The Hall–Kier alpha value is -2.56. The number of piperidine rings is 1. The summed E-state index contributed by atoms with van der Waals surface area (Å²) < 4.78 is 25.3. The molecule has 1 aliphatic rings. The van der Waals surface area contributed by atoms with E-state index in [-0.39, 0.29) is 18.2 Å². The zero-order valence-electron chi connectivity index (χ0n) is 17.7. The first kappa shape index (κ1) is 23.1. The number of nitrogens with zero attached hydrogens (tertiary/aromatic N) is 1. The first-order chi connectivity index (χ1) is 14.7. The van der Waals surface area contributed by atoms with Gasteiger partial charge in [0.05, 0.1) is 6.61 Å². The summed E-state index contributed by atoms with van der Waals surface area (Å²) in [5.41, 5.74) is 2.34. The Bertz CT molecular complexity index is 918. The summed E-state index contributed by atoms with van der Waals surface area (Å²) in [7, 11) is 2.15. The number of likely N-dealkylation sites (tertiary alicyclic amines) is 1. The second-order valence-corrected chi connectivity index (χ2v) is 8.03. The Morgan fingerprint density at radius 3 is 2.19 bits per heavy atom. The summed E-state index contributed by atoms with van der Waals surface area (Å²) in [6.07, 6.45) is 1.06. The summed E-state index contributed by atoms with van der Waals surface area (Å²) in [5, 5.41) is 0. The molecule has 1 fully saturated rings. The van der Waals surface area contributed by atoms with E-state index in [1.54, 1.807) is 12.1 Å². The Labute approximate surface area is 190 Å². The van der Waals surface area contributed by atoms with Gasteiger partial charge in [-0.05, 0) is 73.5 Å². The molecule has 4 rings (SSSR count). The van der Waals surface area contributed by atoms with Crippen LogP contribution in [-0.2, 0) is 6.61 Å². The lowest BCUT2D eigenvalue weighted by molar-refractivity contribution is 0.129. The van der Waals surface area contributed by atoms with Gasteiger partial charge < -0.3 is 14.4 Å². The molecule has 2 unspecified atom stereocenters. The molecule has 5 heteroatoms. The highest BCUT2D eigenvalue weighted by Gasteiger charge is 2.29. The van der Waals surface area contributed by atoms with Crippen molar-refractivity contribution in [3.05, 3.63) is 95.8 Å². The van der Waals surface area contributed by atoms with E-state index in [0.29, 0.717) is 25.0 Å². The van der Waals surface area contributed by atoms with Gasteiger partial charge in [-0.1, -0.05) is 42.5 Å². The van der Waals surface area contributed by atoms with Crippen LogP contribution in [0.25, 0.3) is 0 Å². The number of halogens is 2. The zero-order valence-corrected chi connectivity index (χ0v) is 18.6. The smallest absolute Gasteiger partial charge is 0.123 e. The predicted octanol–water partition coefficient (Wildman–Crippen LogP) is 5.94. The van der Waals surface area contributed by atoms with Crippen LogP contribution in [0.3, 0.4) is 0 Å². The van der Waals surface area contributed by atoms with E-state index in [0.717, 1.165) is 36.6 Å². The quantitative estimate of drug-likeness (QED) is 0.452. The molecule has 0 aliphatic carbocycles. The van der Waals surface area contributed by atoms with Crippen molar-refractivity contribution in [3.63, 3.8) is 0 Å². The lowest BCUT2D eigenvalue weighted by Crippen LogP contribution is -2.39. The molecule has 0 bridgehead atoms. The summed E-state index contributed by atoms with van der Waals surface area (Å²) in [6.45, 7) is 3.21. The Morgan fingerprint density at radius 2 is 1.52 bits per heavy atom. The number of benzene rings is 3. The van der Waals surface area contributed by atoms with Crippen LogP contribution in [0, 0.1) is 11.7 Å². The van der Waals surface area contributed by atoms with E-state index < -0.39 is 0 Å². The first-order valence-corrected chi connectivity index (χ1v) is 10.5. The van der Waals surface area contributed by atoms with Crippen LogP contribution in [0.2, 0.25) is 0 Å². The molecule has 3 aromatic carbocycles. The maximum Gasteiger partial charge on any atom is 0.123 e. The van der Waals surface area contributed by atoms with Crippen LogP contribution in [0.15, 0.2) is 78.9 Å². The number of hydrogen-bond donors (Lipinski definition) is 0. The number of ether oxygens (including phenoxy) is 2. The summed E-state index contributed by atoms with van der Waals surface area (Å²) >= 11 is 0. The van der Waals surface area contributed by atoms with Gasteiger partial charge >= 0.3 is 0 Å². The molecular formula is C26H29ClFNO2. The Kier molecular flexibility index (Phi) is 8.33. The third-order valence-electron chi connectivity index (χ3n) is 5.77. The van der Waals surface area contributed by atoms with Crippen molar-refractivity contribution in [1.82, 2.24) is 4.90 Å². The SMILES string of the molecule is CN1CCC(c2ccc(F)cc2)C(COc2ccc(OCc3ccccc3)cc2)C1.Cl. The average molecular weight is 442 g/mol. The van der Waals surface area contributed by atoms with E-state index in [4.69, 9.17) is 9.47 Å². The van der Waals surface area contributed by atoms with E-state index in [1.807, 2.05) is 54.6 Å². The largest absolute Gasteiger partial charge is 0.493 e. The van der Waals surface area contributed by atoms with Crippen molar-refractivity contribution in [1.29, 1.82) is 0 Å². The molecule has 0 N–H and O–H groups in total. The summed E-state index contributed by atoms with van der Waals surface area (Å²) in [4.78, 5) is 2.34. The monoisotopic (exact) mass is 441 g/mol. The third kappa shape index (κ3) is 6.46. The molecule has 0 amide bonds. The molecule has 1 saturated heterocycles. The van der Waals surface area contributed by atoms with Crippen molar-refractivity contribution >= 4 is 12.4 Å². The minimum Gasteiger partial charge on any atom is -0.493 e. The van der Waals surface area contributed by atoms with Crippen LogP contribution < -0.4 is 9.47 Å². The van der Waals surface area contributed by atoms with Crippen LogP contribution in [0.1, 0.15) is 23.5 Å². The van der Waals surface area contributed by atoms with Gasteiger partial charge in [0.15, 0.2) is 0 Å². The maximum atomic E-state index is 13.3. The van der Waals surface area contributed by atoms with Crippen LogP contribution in [-0.4, -0.2) is 31.6 Å². The van der Waals surface area contributed by atoms with Gasteiger partial charge in [0, 0.05) is 12.5 Å². The molecule has 0 spiro atoms. The molecule has 0 radical (unpaired) electrons. The standard InChI is InChI=1S/C26H28FNO2.ClH/c1-28-16-15-26(21-7-9-23(27)10-8-21)22(17-28)19-30-25-13-11-24(12-14-25)29-18-20-5-3-2-4-6-20;/h2-14,22,26H,15-19H2,1H3;1H. The van der Waals surface area contributed by atoms with Gasteiger partial charge in [0.1, 0.15) is 23.9 Å². The second-order valence-electron chi connectivity index (χ2n) is 8.03. The number of rotatable bonds is 7. The molecule has 0 saturated carbocycles. The van der Waals surface area contributed by atoms with Gasteiger partial charge in [-0.3, -0.25) is 0 Å². The molecule has 164 valence electrons. The minimum atomic E-state index is -0.186. The van der Waals surface area contributed by atoms with Gasteiger partial charge in [-0.15, -0.1) is 12.4 Å². The predicted molar refractivity (Wildman–Crippen MR) is 125 cm³/mol. The molecule has 1 heterocycles. The average Bonchev–Trinajstić information content (AvgIpc) is 2.78. The third-order valence-corrected chi connectivity index (χ3v) is 5.77. The van der Waals surface area contributed by atoms with E-state index in [1.165, 1.54) is 5.56 Å². The highest BCUT2D eigenvalue weighted by Crippen LogP contribution is 2.33. The van der Waals surface area contributed by atoms with Gasteiger partial charge in [-0.25, -0.2) is 4.39 Å². The van der Waals surface area contributed by atoms with E-state index >= 15 is 0 Å². The highest BCUT2D eigenvalue weighted by molar-refractivity contribution is 5.85. The zero-order chi connectivity index (χ0) is 20.8. The fourth-order valence-corrected chi connectivity index (χ4v) is 4.11. The normalized spacial score (nSPS) is 18.8. The lowest BCUT2D eigenvalue weighted by Gasteiger charge is -2.37. The lowest BCUT2D eigenvalue weighted by atomic mass is 9.81. The topological polar surface area (TPSA) is 21.7 Å². The minimum absolute atomic E-state index is 0. The molecule has 31 heavy (non-hydrogen) atoms. The van der Waals surface area contributed by atoms with Crippen molar-refractivity contribution < 1.29 is 13.9 Å². The van der Waals surface area contributed by atoms with Gasteiger partial charge in [-0.2, -0.15) is 0 Å². The fraction of sp³-hybridized carbons (Fsp3) is 0.308. The van der Waals surface area contributed by atoms with Gasteiger partial charge in [0.2, 0.25) is 0 Å². The Morgan fingerprint density at radius 1 is 0.871 bits per heavy atom. The summed E-state index contributed by atoms with van der Waals surface area (Å²) in [5.74, 6) is 2.23. The van der Waals surface area contributed by atoms with Gasteiger partial charge in [0.25, 0.3) is 0 Å². The van der Waals surface area contributed by atoms with Crippen molar-refractivity contribution in [3.8, 4) is 11.5 Å². The Balaban J connectivity index is 0.00000272. The van der Waals surface area contributed by atoms with E-state index in [9.17, 15) is 4.39 Å². The second kappa shape index (κ2) is 11.2. The molecule has 3 nitrogen and oxygen atoms in total. The molecule has 1 aliphatic heterocycles. The van der Waals surface area contributed by atoms with Crippen LogP contribution in [0.4, 0.5) is 4.39 Å². The highest BCUT2D eigenvalue weighted by atomic mass is 35.5. The first-order valence-electron chi connectivity index (χ1n) is 10.5. The van der Waals surface area contributed by atoms with Crippen LogP contribution >= 0.6 is 12.4 Å². The maximum absolute atomic E-state index is 13.3. The van der Waals surface area contributed by atoms with Crippen molar-refractivity contribution in [2.45, 2.75) is 18.9 Å². The molecule has 0 aromatic heterocycles. The van der Waals surface area contributed by atoms with E-state index in [2.05, 4.69) is 24.1 Å². The van der Waals surface area contributed by atoms with Crippen molar-refractivity contribution in [2.24, 2.45) is 5.92 Å². The van der Waals surface area contributed by atoms with Crippen LogP contribution in [0.5, 0.6) is 11.5 Å². The molecule has 3 aromatic rings. The van der Waals surface area contributed by atoms with Crippen molar-refractivity contribution in [2.75, 3.05) is 26.7 Å². The number of hydrogen-bond acceptors (Lipinski definition) is 3. The summed E-state index contributed by atoms with van der Waals surface area (Å²) in [6, 6.07) is 24.9. The molecular weight excluding hydrogens is 413 g/mol.